The molecule has 0 saturated heterocycles. The van der Waals surface area contributed by atoms with Crippen LogP contribution < -0.4 is 4.90 Å². The molecule has 0 saturated carbocycles. The summed E-state index contributed by atoms with van der Waals surface area (Å²) in [5.41, 5.74) is 9.36. The van der Waals surface area contributed by atoms with Crippen molar-refractivity contribution in [2.24, 2.45) is 0 Å². The number of para-hydroxylation sites is 1. The number of benzene rings is 9. The topological polar surface area (TPSA) is 8.17 Å². The van der Waals surface area contributed by atoms with Crippen molar-refractivity contribution >= 4 is 71.2 Å². The largest absolute Gasteiger partial charge is 0.311 e. The SMILES string of the molecule is c1ccc(N(c2ccc(-c3cccc4ccccc34)cc2)c2ccc(-n3c4ccc5ccccc5c4c4c5ccccc5ccc43)cc2)cc1. The van der Waals surface area contributed by atoms with Crippen LogP contribution in [0.15, 0.2) is 194 Å². The van der Waals surface area contributed by atoms with E-state index in [9.17, 15) is 0 Å². The predicted octanol–water partition coefficient (Wildman–Crippen LogP) is 13.4. The third kappa shape index (κ3) is 4.50. The quantitative estimate of drug-likeness (QED) is 0.182. The summed E-state index contributed by atoms with van der Waals surface area (Å²) in [6.45, 7) is 0. The molecule has 0 spiro atoms. The van der Waals surface area contributed by atoms with Gasteiger partial charge in [0.25, 0.3) is 0 Å². The Kier molecular flexibility index (Phi) is 6.53. The number of anilines is 3. The van der Waals surface area contributed by atoms with E-state index in [0.29, 0.717) is 0 Å². The van der Waals surface area contributed by atoms with Gasteiger partial charge >= 0.3 is 0 Å². The lowest BCUT2D eigenvalue weighted by atomic mass is 9.98. The van der Waals surface area contributed by atoms with Gasteiger partial charge in [-0.2, -0.15) is 0 Å². The number of nitrogens with zero attached hydrogens (tertiary/aromatic N) is 2. The third-order valence-corrected chi connectivity index (χ3v) is 10.2. The first kappa shape index (κ1) is 28.4. The summed E-state index contributed by atoms with van der Waals surface area (Å²) in [4.78, 5) is 2.34. The van der Waals surface area contributed by atoms with Gasteiger partial charge < -0.3 is 9.47 Å². The van der Waals surface area contributed by atoms with Crippen LogP contribution in [0.4, 0.5) is 17.1 Å². The average Bonchev–Trinajstić information content (AvgIpc) is 3.54. The maximum absolute atomic E-state index is 2.43. The molecule has 0 aliphatic rings. The van der Waals surface area contributed by atoms with E-state index in [1.54, 1.807) is 0 Å². The van der Waals surface area contributed by atoms with Gasteiger partial charge in [0.1, 0.15) is 0 Å². The highest BCUT2D eigenvalue weighted by atomic mass is 15.1. The number of hydrogen-bond acceptors (Lipinski definition) is 1. The molecule has 2 heteroatoms. The molecular formula is C48H32N2. The number of aromatic nitrogens is 1. The van der Waals surface area contributed by atoms with Crippen molar-refractivity contribution in [2.45, 2.75) is 0 Å². The summed E-state index contributed by atoms with van der Waals surface area (Å²) in [6.07, 6.45) is 0. The zero-order valence-corrected chi connectivity index (χ0v) is 27.4. The standard InChI is InChI=1S/C48H32N2/c1-2-15-37(16-3-1)49(38-25-21-36(22-26-38)42-20-10-14-33-11-4-7-17-41(33)42)39-27-29-40(30-28-39)50-45-31-23-34-12-5-8-18-43(34)47(45)48-44-19-9-6-13-35(44)24-32-46(48)50/h1-32H. The van der Waals surface area contributed by atoms with Crippen LogP contribution >= 0.6 is 0 Å². The van der Waals surface area contributed by atoms with Gasteiger partial charge in [-0.15, -0.1) is 0 Å². The molecule has 0 radical (unpaired) electrons. The van der Waals surface area contributed by atoms with Crippen LogP contribution in [0.1, 0.15) is 0 Å². The van der Waals surface area contributed by atoms with Crippen molar-refractivity contribution in [1.29, 1.82) is 0 Å². The molecule has 50 heavy (non-hydrogen) atoms. The molecule has 0 aliphatic carbocycles. The van der Waals surface area contributed by atoms with Crippen molar-refractivity contribution < 1.29 is 0 Å². The van der Waals surface area contributed by atoms with Gasteiger partial charge in [0.15, 0.2) is 0 Å². The van der Waals surface area contributed by atoms with Crippen LogP contribution in [0.5, 0.6) is 0 Å². The molecule has 0 amide bonds. The molecule has 0 aliphatic heterocycles. The van der Waals surface area contributed by atoms with Gasteiger partial charge in [0, 0.05) is 33.5 Å². The Morgan fingerprint density at radius 1 is 0.320 bits per heavy atom. The fraction of sp³-hybridized carbons (Fsp3) is 0. The first-order valence-electron chi connectivity index (χ1n) is 17.2. The number of rotatable bonds is 5. The maximum Gasteiger partial charge on any atom is 0.0547 e. The summed E-state index contributed by atoms with van der Waals surface area (Å²) in [6, 6.07) is 70.3. The molecular weight excluding hydrogens is 605 g/mol. The Hall–Kier alpha value is -6.64. The van der Waals surface area contributed by atoms with Gasteiger partial charge in [-0.25, -0.2) is 0 Å². The Morgan fingerprint density at radius 2 is 0.780 bits per heavy atom. The Balaban J connectivity index is 1.11. The normalized spacial score (nSPS) is 11.6. The molecule has 10 rings (SSSR count). The van der Waals surface area contributed by atoms with Gasteiger partial charge in [0.05, 0.1) is 11.0 Å². The van der Waals surface area contributed by atoms with Crippen LogP contribution in [-0.2, 0) is 0 Å². The Bertz CT molecular complexity index is 2750. The first-order chi connectivity index (χ1) is 24.8. The summed E-state index contributed by atoms with van der Waals surface area (Å²) in [7, 11) is 0. The van der Waals surface area contributed by atoms with E-state index in [4.69, 9.17) is 0 Å². The predicted molar refractivity (Wildman–Crippen MR) is 213 cm³/mol. The molecule has 2 nitrogen and oxygen atoms in total. The van der Waals surface area contributed by atoms with Crippen LogP contribution in [0.2, 0.25) is 0 Å². The minimum atomic E-state index is 1.11. The smallest absolute Gasteiger partial charge is 0.0547 e. The first-order valence-corrected chi connectivity index (χ1v) is 17.2. The lowest BCUT2D eigenvalue weighted by Crippen LogP contribution is -2.10. The van der Waals surface area contributed by atoms with E-state index in [-0.39, 0.29) is 0 Å². The molecule has 0 unspecified atom stereocenters. The van der Waals surface area contributed by atoms with Crippen LogP contribution in [0, 0.1) is 0 Å². The molecule has 10 aromatic rings. The lowest BCUT2D eigenvalue weighted by molar-refractivity contribution is 1.17. The minimum absolute atomic E-state index is 1.11. The monoisotopic (exact) mass is 636 g/mol. The van der Waals surface area contributed by atoms with Gasteiger partial charge in [-0.1, -0.05) is 133 Å². The van der Waals surface area contributed by atoms with E-state index in [1.165, 1.54) is 65.3 Å². The van der Waals surface area contributed by atoms with E-state index in [1.807, 2.05) is 0 Å². The zero-order chi connectivity index (χ0) is 33.0. The highest BCUT2D eigenvalue weighted by Crippen LogP contribution is 2.42. The van der Waals surface area contributed by atoms with E-state index >= 15 is 0 Å². The molecule has 0 N–H and O–H groups in total. The van der Waals surface area contributed by atoms with Crippen LogP contribution in [-0.4, -0.2) is 4.57 Å². The molecule has 1 heterocycles. The molecule has 0 fully saturated rings. The van der Waals surface area contributed by atoms with Crippen molar-refractivity contribution in [3.05, 3.63) is 194 Å². The second-order valence-electron chi connectivity index (χ2n) is 13.0. The number of fused-ring (bicyclic) bond motifs is 8. The maximum atomic E-state index is 2.43. The van der Waals surface area contributed by atoms with Crippen molar-refractivity contribution in [1.82, 2.24) is 4.57 Å². The van der Waals surface area contributed by atoms with Crippen molar-refractivity contribution in [3.8, 4) is 16.8 Å². The van der Waals surface area contributed by atoms with E-state index in [0.717, 1.165) is 22.7 Å². The Labute approximate surface area is 290 Å². The van der Waals surface area contributed by atoms with Crippen LogP contribution in [0.25, 0.3) is 70.9 Å². The summed E-state index contributed by atoms with van der Waals surface area (Å²) >= 11 is 0. The zero-order valence-electron chi connectivity index (χ0n) is 27.4. The Morgan fingerprint density at radius 3 is 1.38 bits per heavy atom. The lowest BCUT2D eigenvalue weighted by Gasteiger charge is -2.26. The minimum Gasteiger partial charge on any atom is -0.311 e. The fourth-order valence-electron chi connectivity index (χ4n) is 7.87. The summed E-state index contributed by atoms with van der Waals surface area (Å²) in [5.74, 6) is 0. The molecule has 0 atom stereocenters. The van der Waals surface area contributed by atoms with E-state index < -0.39 is 0 Å². The van der Waals surface area contributed by atoms with Gasteiger partial charge in [0.2, 0.25) is 0 Å². The highest BCUT2D eigenvalue weighted by molar-refractivity contribution is 6.28. The summed E-state index contributed by atoms with van der Waals surface area (Å²) < 4.78 is 2.43. The van der Waals surface area contributed by atoms with Gasteiger partial charge in [-0.3, -0.25) is 0 Å². The third-order valence-electron chi connectivity index (χ3n) is 10.2. The van der Waals surface area contributed by atoms with Crippen LogP contribution in [0.3, 0.4) is 0 Å². The second kappa shape index (κ2) is 11.5. The average molecular weight is 637 g/mol. The molecule has 0 bridgehead atoms. The van der Waals surface area contributed by atoms with E-state index in [2.05, 4.69) is 204 Å². The summed E-state index contributed by atoms with van der Waals surface area (Å²) in [5, 5.41) is 10.2. The number of hydrogen-bond donors (Lipinski definition) is 0. The fourth-order valence-corrected chi connectivity index (χ4v) is 7.87. The van der Waals surface area contributed by atoms with Crippen molar-refractivity contribution in [3.63, 3.8) is 0 Å². The van der Waals surface area contributed by atoms with Crippen molar-refractivity contribution in [2.75, 3.05) is 4.90 Å². The van der Waals surface area contributed by atoms with Gasteiger partial charge in [-0.05, 0) is 104 Å². The molecule has 234 valence electrons. The molecule has 1 aromatic heterocycles. The highest BCUT2D eigenvalue weighted by Gasteiger charge is 2.18. The molecule has 9 aromatic carbocycles. The second-order valence-corrected chi connectivity index (χ2v) is 13.0.